The molecular formula is C8H15NO2. The predicted octanol–water partition coefficient (Wildman–Crippen LogP) is 0.547. The number of hydrogen-bond acceptors (Lipinski definition) is 3. The van der Waals surface area contributed by atoms with Gasteiger partial charge in [-0.25, -0.2) is 0 Å². The second-order valence-electron chi connectivity index (χ2n) is 2.95. The van der Waals surface area contributed by atoms with Gasteiger partial charge in [0, 0.05) is 0 Å². The van der Waals surface area contributed by atoms with Gasteiger partial charge in [0.2, 0.25) is 0 Å². The van der Waals surface area contributed by atoms with Crippen molar-refractivity contribution in [1.82, 2.24) is 5.32 Å². The van der Waals surface area contributed by atoms with Gasteiger partial charge in [0.05, 0.1) is 6.61 Å². The average molecular weight is 157 g/mol. The number of nitrogens with one attached hydrogen (secondary N) is 1. The summed E-state index contributed by atoms with van der Waals surface area (Å²) in [7, 11) is 0. The number of carbonyl (C=O) groups is 1. The van der Waals surface area contributed by atoms with Crippen molar-refractivity contribution >= 4 is 5.97 Å². The van der Waals surface area contributed by atoms with Crippen molar-refractivity contribution in [2.75, 3.05) is 13.2 Å². The Balaban J connectivity index is 2.39. The molecular weight excluding hydrogens is 142 g/mol. The minimum atomic E-state index is -0.0995. The van der Waals surface area contributed by atoms with E-state index in [1.54, 1.807) is 0 Å². The lowest BCUT2D eigenvalue weighted by Gasteiger charge is -2.12. The molecule has 0 aliphatic carbocycles. The van der Waals surface area contributed by atoms with Crippen LogP contribution in [0.1, 0.15) is 20.3 Å². The Labute approximate surface area is 67.1 Å². The maximum absolute atomic E-state index is 11.2. The van der Waals surface area contributed by atoms with E-state index in [-0.39, 0.29) is 12.0 Å². The third-order valence-corrected chi connectivity index (χ3v) is 2.07. The van der Waals surface area contributed by atoms with Crippen molar-refractivity contribution in [3.05, 3.63) is 0 Å². The van der Waals surface area contributed by atoms with E-state index in [2.05, 4.69) is 12.2 Å². The summed E-state index contributed by atoms with van der Waals surface area (Å²) in [5, 5.41) is 3.12. The third-order valence-electron chi connectivity index (χ3n) is 2.07. The van der Waals surface area contributed by atoms with Gasteiger partial charge in [-0.1, -0.05) is 6.92 Å². The highest BCUT2D eigenvalue weighted by atomic mass is 16.5. The van der Waals surface area contributed by atoms with E-state index in [1.165, 1.54) is 0 Å². The first-order valence-corrected chi connectivity index (χ1v) is 4.15. The minimum Gasteiger partial charge on any atom is -0.465 e. The highest BCUT2D eigenvalue weighted by molar-refractivity contribution is 5.76. The SMILES string of the molecule is CCOC(=O)[C@@H]1NCC[C@@H]1C. The summed E-state index contributed by atoms with van der Waals surface area (Å²) in [6.07, 6.45) is 1.07. The van der Waals surface area contributed by atoms with Crippen LogP contribution in [-0.2, 0) is 9.53 Å². The van der Waals surface area contributed by atoms with Crippen molar-refractivity contribution in [2.24, 2.45) is 5.92 Å². The molecule has 0 amide bonds. The molecule has 1 N–H and O–H groups in total. The molecule has 0 aromatic rings. The van der Waals surface area contributed by atoms with Gasteiger partial charge < -0.3 is 10.1 Å². The summed E-state index contributed by atoms with van der Waals surface area (Å²) in [5.74, 6) is 0.326. The van der Waals surface area contributed by atoms with Crippen LogP contribution in [-0.4, -0.2) is 25.2 Å². The summed E-state index contributed by atoms with van der Waals surface area (Å²) in [6, 6.07) is -0.0602. The first kappa shape index (κ1) is 8.53. The fraction of sp³-hybridized carbons (Fsp3) is 0.875. The van der Waals surface area contributed by atoms with Crippen molar-refractivity contribution in [2.45, 2.75) is 26.3 Å². The Morgan fingerprint density at radius 2 is 2.45 bits per heavy atom. The minimum absolute atomic E-state index is 0.0602. The van der Waals surface area contributed by atoms with Gasteiger partial charge in [-0.3, -0.25) is 4.79 Å². The van der Waals surface area contributed by atoms with Crippen LogP contribution in [0.25, 0.3) is 0 Å². The van der Waals surface area contributed by atoms with E-state index < -0.39 is 0 Å². The fourth-order valence-corrected chi connectivity index (χ4v) is 1.38. The van der Waals surface area contributed by atoms with Gasteiger partial charge in [-0.2, -0.15) is 0 Å². The largest absolute Gasteiger partial charge is 0.465 e. The van der Waals surface area contributed by atoms with E-state index in [0.717, 1.165) is 13.0 Å². The molecule has 1 fully saturated rings. The molecule has 3 heteroatoms. The maximum Gasteiger partial charge on any atom is 0.323 e. The van der Waals surface area contributed by atoms with Gasteiger partial charge in [0.1, 0.15) is 6.04 Å². The monoisotopic (exact) mass is 157 g/mol. The standard InChI is InChI=1S/C8H15NO2/c1-3-11-8(10)7-6(2)4-5-9-7/h6-7,9H,3-5H2,1-2H3/t6-,7+/m0/s1. The van der Waals surface area contributed by atoms with Gasteiger partial charge in [0.25, 0.3) is 0 Å². The molecule has 3 nitrogen and oxygen atoms in total. The summed E-state index contributed by atoms with van der Waals surface area (Å²) in [4.78, 5) is 11.2. The molecule has 1 rings (SSSR count). The van der Waals surface area contributed by atoms with Gasteiger partial charge in [0.15, 0.2) is 0 Å². The predicted molar refractivity (Wildman–Crippen MR) is 42.2 cm³/mol. The van der Waals surface area contributed by atoms with Crippen LogP contribution in [0.3, 0.4) is 0 Å². The summed E-state index contributed by atoms with van der Waals surface area (Å²) >= 11 is 0. The van der Waals surface area contributed by atoms with E-state index in [0.29, 0.717) is 12.5 Å². The van der Waals surface area contributed by atoms with Crippen molar-refractivity contribution in [3.63, 3.8) is 0 Å². The number of ether oxygens (including phenoxy) is 1. The molecule has 0 saturated carbocycles. The zero-order chi connectivity index (χ0) is 8.27. The molecule has 1 heterocycles. The van der Waals surface area contributed by atoms with Crippen molar-refractivity contribution < 1.29 is 9.53 Å². The Kier molecular flexibility index (Phi) is 2.88. The molecule has 0 bridgehead atoms. The normalized spacial score (nSPS) is 30.4. The Morgan fingerprint density at radius 3 is 2.91 bits per heavy atom. The molecule has 0 aromatic heterocycles. The molecule has 1 saturated heterocycles. The molecule has 0 unspecified atom stereocenters. The van der Waals surface area contributed by atoms with E-state index >= 15 is 0 Å². The van der Waals surface area contributed by atoms with Crippen LogP contribution in [0.5, 0.6) is 0 Å². The van der Waals surface area contributed by atoms with E-state index in [4.69, 9.17) is 4.74 Å². The Morgan fingerprint density at radius 1 is 1.73 bits per heavy atom. The first-order valence-electron chi connectivity index (χ1n) is 4.15. The van der Waals surface area contributed by atoms with Gasteiger partial charge in [-0.05, 0) is 25.8 Å². The summed E-state index contributed by atoms with van der Waals surface area (Å²) in [5.41, 5.74) is 0. The Bertz CT molecular complexity index is 147. The zero-order valence-corrected chi connectivity index (χ0v) is 7.09. The third kappa shape index (κ3) is 1.93. The molecule has 11 heavy (non-hydrogen) atoms. The topological polar surface area (TPSA) is 38.3 Å². The lowest BCUT2D eigenvalue weighted by Crippen LogP contribution is -2.36. The van der Waals surface area contributed by atoms with Crippen LogP contribution in [0.2, 0.25) is 0 Å². The molecule has 2 atom stereocenters. The number of esters is 1. The highest BCUT2D eigenvalue weighted by Crippen LogP contribution is 2.15. The molecule has 1 aliphatic rings. The maximum atomic E-state index is 11.2. The summed E-state index contributed by atoms with van der Waals surface area (Å²) in [6.45, 7) is 5.31. The highest BCUT2D eigenvalue weighted by Gasteiger charge is 2.29. The molecule has 1 aliphatic heterocycles. The lowest BCUT2D eigenvalue weighted by atomic mass is 10.0. The van der Waals surface area contributed by atoms with Crippen molar-refractivity contribution in [3.8, 4) is 0 Å². The van der Waals surface area contributed by atoms with Crippen LogP contribution < -0.4 is 5.32 Å². The van der Waals surface area contributed by atoms with Crippen molar-refractivity contribution in [1.29, 1.82) is 0 Å². The molecule has 0 spiro atoms. The smallest absolute Gasteiger partial charge is 0.323 e. The number of hydrogen-bond donors (Lipinski definition) is 1. The van der Waals surface area contributed by atoms with E-state index in [1.807, 2.05) is 6.92 Å². The van der Waals surface area contributed by atoms with Crippen LogP contribution in [0.15, 0.2) is 0 Å². The van der Waals surface area contributed by atoms with Crippen LogP contribution in [0.4, 0.5) is 0 Å². The fourth-order valence-electron chi connectivity index (χ4n) is 1.38. The van der Waals surface area contributed by atoms with Crippen LogP contribution in [0, 0.1) is 5.92 Å². The molecule has 0 radical (unpaired) electrons. The number of rotatable bonds is 2. The van der Waals surface area contributed by atoms with Crippen LogP contribution >= 0.6 is 0 Å². The zero-order valence-electron chi connectivity index (χ0n) is 7.09. The quantitative estimate of drug-likeness (QED) is 0.595. The number of carbonyl (C=O) groups excluding carboxylic acids is 1. The second-order valence-corrected chi connectivity index (χ2v) is 2.95. The van der Waals surface area contributed by atoms with Gasteiger partial charge in [-0.15, -0.1) is 0 Å². The van der Waals surface area contributed by atoms with Gasteiger partial charge >= 0.3 is 5.97 Å². The van der Waals surface area contributed by atoms with E-state index in [9.17, 15) is 4.79 Å². The second kappa shape index (κ2) is 3.72. The lowest BCUT2D eigenvalue weighted by molar-refractivity contribution is -0.146. The average Bonchev–Trinajstić information content (AvgIpc) is 2.36. The molecule has 64 valence electrons. The Hall–Kier alpha value is -0.570. The first-order chi connectivity index (χ1) is 5.25. The molecule has 0 aromatic carbocycles. The summed E-state index contributed by atoms with van der Waals surface area (Å²) < 4.78 is 4.89.